The largest absolute Gasteiger partial charge is 0.508 e. The van der Waals surface area contributed by atoms with Gasteiger partial charge < -0.3 is 70.1 Å². The summed E-state index contributed by atoms with van der Waals surface area (Å²) in [7, 11) is 0. The summed E-state index contributed by atoms with van der Waals surface area (Å²) in [5, 5.41) is 114. The average Bonchev–Trinajstić information content (AvgIpc) is 2.97. The number of fused-ring (bicyclic) bond motifs is 1. The van der Waals surface area contributed by atoms with Crippen molar-refractivity contribution in [1.82, 2.24) is 0 Å². The molecule has 0 amide bonds. The van der Waals surface area contributed by atoms with Crippen molar-refractivity contribution in [2.75, 3.05) is 13.2 Å². The molecule has 4 unspecified atom stereocenters. The van der Waals surface area contributed by atoms with E-state index in [9.17, 15) is 61.0 Å². The first kappa shape index (κ1) is 30.1. The number of aliphatic hydroxyl groups is 8. The van der Waals surface area contributed by atoms with Gasteiger partial charge in [-0.2, -0.15) is 0 Å². The first-order chi connectivity index (χ1) is 19.9. The van der Waals surface area contributed by atoms with Crippen LogP contribution in [0.2, 0.25) is 0 Å². The number of aromatic hydroxyl groups is 3. The van der Waals surface area contributed by atoms with Crippen LogP contribution in [0.25, 0.3) is 22.3 Å². The number of phenolic OH excluding ortho intramolecular Hbond substituents is 3. The molecule has 10 atom stereocenters. The normalized spacial score (nSPS) is 33.6. The molecular formula is C27H30O15. The number of rotatable bonds is 5. The molecule has 0 saturated carbocycles. The van der Waals surface area contributed by atoms with Gasteiger partial charge in [-0.3, -0.25) is 4.79 Å². The van der Waals surface area contributed by atoms with Gasteiger partial charge in [0.2, 0.25) is 0 Å². The number of aliphatic hydroxyl groups excluding tert-OH is 8. The second-order valence-electron chi connectivity index (χ2n) is 10.2. The van der Waals surface area contributed by atoms with Crippen LogP contribution in [0.1, 0.15) is 23.3 Å². The highest BCUT2D eigenvalue weighted by Crippen LogP contribution is 2.51. The van der Waals surface area contributed by atoms with Crippen molar-refractivity contribution in [1.29, 1.82) is 0 Å². The molecule has 0 spiro atoms. The third-order valence-electron chi connectivity index (χ3n) is 7.70. The lowest BCUT2D eigenvalue weighted by Crippen LogP contribution is -2.55. The van der Waals surface area contributed by atoms with Gasteiger partial charge in [-0.25, -0.2) is 0 Å². The van der Waals surface area contributed by atoms with Gasteiger partial charge in [-0.05, 0) is 24.3 Å². The zero-order chi connectivity index (χ0) is 30.6. The van der Waals surface area contributed by atoms with E-state index in [1.54, 1.807) is 0 Å². The molecule has 2 aliphatic heterocycles. The van der Waals surface area contributed by atoms with Crippen LogP contribution < -0.4 is 5.43 Å². The molecule has 3 heterocycles. The Kier molecular flexibility index (Phi) is 8.16. The predicted molar refractivity (Wildman–Crippen MR) is 138 cm³/mol. The van der Waals surface area contributed by atoms with Crippen molar-refractivity contribution in [3.63, 3.8) is 0 Å². The van der Waals surface area contributed by atoms with Gasteiger partial charge in [-0.15, -0.1) is 0 Å². The van der Waals surface area contributed by atoms with E-state index in [2.05, 4.69) is 0 Å². The quantitative estimate of drug-likeness (QED) is 0.147. The summed E-state index contributed by atoms with van der Waals surface area (Å²) in [6, 6.07) is 6.37. The Bertz CT molecular complexity index is 1500. The molecule has 5 rings (SSSR count). The second-order valence-corrected chi connectivity index (χ2v) is 10.2. The van der Waals surface area contributed by atoms with Crippen molar-refractivity contribution in [3.05, 3.63) is 51.7 Å². The van der Waals surface area contributed by atoms with E-state index in [4.69, 9.17) is 13.9 Å². The number of phenols is 3. The highest BCUT2D eigenvalue weighted by Gasteiger charge is 2.50. The van der Waals surface area contributed by atoms with Crippen LogP contribution >= 0.6 is 0 Å². The van der Waals surface area contributed by atoms with Crippen molar-refractivity contribution in [3.8, 4) is 28.6 Å². The third kappa shape index (κ3) is 4.79. The second kappa shape index (κ2) is 11.4. The van der Waals surface area contributed by atoms with E-state index in [0.717, 1.165) is 6.07 Å². The summed E-state index contributed by atoms with van der Waals surface area (Å²) >= 11 is 0. The molecule has 15 nitrogen and oxygen atoms in total. The Morgan fingerprint density at radius 1 is 0.643 bits per heavy atom. The minimum atomic E-state index is -2.02. The molecule has 2 fully saturated rings. The fourth-order valence-corrected chi connectivity index (χ4v) is 5.39. The van der Waals surface area contributed by atoms with Gasteiger partial charge in [0.1, 0.15) is 89.4 Å². The number of hydrogen-bond acceptors (Lipinski definition) is 15. The third-order valence-corrected chi connectivity index (χ3v) is 7.70. The maximum absolute atomic E-state index is 13.5. The SMILES string of the molecule is O=c1cc(-c2ccc(O)cc2)oc2c([C@@H]3OC(CO)[C@@H](O)[C@H](O)C3O)c(O)c([C@@H]3OC(CO)[C@@H](O)[C@H](O)C3O)c(O)c12. The van der Waals surface area contributed by atoms with E-state index in [0.29, 0.717) is 0 Å². The molecule has 2 saturated heterocycles. The standard InChI is InChI=1S/C27H30O15/c28-6-12-17(32)21(36)23(38)26(41-12)15-19(34)14-10(31)5-11(8-1-3-9(30)4-2-8)40-25(14)16(20(15)35)27-24(39)22(37)18(33)13(7-29)42-27/h1-5,12-13,17-18,21-24,26-30,32-39H,6-7H2/t12?,13?,17-,18-,21+,22+,23?,24?,26+,27+/m1/s1. The Hall–Kier alpha value is -3.35. The van der Waals surface area contributed by atoms with Crippen LogP contribution in [0, 0.1) is 0 Å². The highest BCUT2D eigenvalue weighted by molar-refractivity contribution is 5.92. The molecule has 228 valence electrons. The molecule has 2 aliphatic rings. The molecule has 0 radical (unpaired) electrons. The van der Waals surface area contributed by atoms with Crippen molar-refractivity contribution < 1.29 is 70.1 Å². The van der Waals surface area contributed by atoms with Crippen LogP contribution in [0.5, 0.6) is 17.2 Å². The molecule has 0 aliphatic carbocycles. The monoisotopic (exact) mass is 594 g/mol. The lowest BCUT2D eigenvalue weighted by molar-refractivity contribution is -0.234. The zero-order valence-electron chi connectivity index (χ0n) is 21.6. The number of benzene rings is 2. The average molecular weight is 595 g/mol. The summed E-state index contributed by atoms with van der Waals surface area (Å²) in [6.07, 6.45) is -18.2. The number of ether oxygens (including phenoxy) is 2. The molecular weight excluding hydrogens is 564 g/mol. The van der Waals surface area contributed by atoms with E-state index in [1.807, 2.05) is 0 Å². The first-order valence-corrected chi connectivity index (χ1v) is 12.9. The fourth-order valence-electron chi connectivity index (χ4n) is 5.39. The van der Waals surface area contributed by atoms with Gasteiger partial charge >= 0.3 is 0 Å². The molecule has 42 heavy (non-hydrogen) atoms. The van der Waals surface area contributed by atoms with E-state index in [-0.39, 0.29) is 17.1 Å². The zero-order valence-corrected chi connectivity index (χ0v) is 21.6. The van der Waals surface area contributed by atoms with Crippen molar-refractivity contribution in [2.24, 2.45) is 0 Å². The molecule has 1 aromatic heterocycles. The molecule has 3 aromatic rings. The Morgan fingerprint density at radius 2 is 1.14 bits per heavy atom. The predicted octanol–water partition coefficient (Wildman–Crippen LogP) is -2.39. The highest BCUT2D eigenvalue weighted by atomic mass is 16.6. The van der Waals surface area contributed by atoms with Gasteiger partial charge in [0, 0.05) is 11.6 Å². The van der Waals surface area contributed by atoms with E-state index < -0.39 is 113 Å². The summed E-state index contributed by atoms with van der Waals surface area (Å²) in [6.45, 7) is -1.70. The Labute approximate surface area is 235 Å². The fraction of sp³-hybridized carbons (Fsp3) is 0.444. The summed E-state index contributed by atoms with van der Waals surface area (Å²) in [5.74, 6) is -2.20. The molecule has 2 aromatic carbocycles. The van der Waals surface area contributed by atoms with Gasteiger partial charge in [0.05, 0.1) is 24.3 Å². The van der Waals surface area contributed by atoms with Crippen LogP contribution in [0.3, 0.4) is 0 Å². The maximum atomic E-state index is 13.5. The molecule has 0 bridgehead atoms. The summed E-state index contributed by atoms with van der Waals surface area (Å²) in [5.41, 5.74) is -2.48. The minimum absolute atomic E-state index is 0.0941. The topological polar surface area (TPSA) is 271 Å². The van der Waals surface area contributed by atoms with Crippen LogP contribution in [-0.4, -0.2) is 118 Å². The van der Waals surface area contributed by atoms with Gasteiger partial charge in [-0.1, -0.05) is 0 Å². The lowest BCUT2D eigenvalue weighted by Gasteiger charge is -2.42. The van der Waals surface area contributed by atoms with Crippen molar-refractivity contribution in [2.45, 2.75) is 61.0 Å². The van der Waals surface area contributed by atoms with E-state index in [1.165, 1.54) is 24.3 Å². The van der Waals surface area contributed by atoms with Crippen LogP contribution in [0.4, 0.5) is 0 Å². The minimum Gasteiger partial charge on any atom is -0.508 e. The van der Waals surface area contributed by atoms with Gasteiger partial charge in [0.25, 0.3) is 0 Å². The smallest absolute Gasteiger partial charge is 0.197 e. The Balaban J connectivity index is 1.82. The Morgan fingerprint density at radius 3 is 1.64 bits per heavy atom. The molecule has 11 N–H and O–H groups in total. The van der Waals surface area contributed by atoms with Crippen LogP contribution in [0.15, 0.2) is 39.5 Å². The van der Waals surface area contributed by atoms with Crippen LogP contribution in [-0.2, 0) is 9.47 Å². The lowest BCUT2D eigenvalue weighted by atomic mass is 9.85. The summed E-state index contributed by atoms with van der Waals surface area (Å²) < 4.78 is 17.0. The maximum Gasteiger partial charge on any atom is 0.197 e. The summed E-state index contributed by atoms with van der Waals surface area (Å²) in [4.78, 5) is 13.5. The van der Waals surface area contributed by atoms with Crippen molar-refractivity contribution >= 4 is 11.0 Å². The van der Waals surface area contributed by atoms with Gasteiger partial charge in [0.15, 0.2) is 11.0 Å². The number of hydrogen-bond donors (Lipinski definition) is 11. The van der Waals surface area contributed by atoms with E-state index >= 15 is 0 Å². The molecule has 15 heteroatoms. The first-order valence-electron chi connectivity index (χ1n) is 12.9.